The van der Waals surface area contributed by atoms with Gasteiger partial charge >= 0.3 is 5.97 Å². The molecule has 0 fully saturated rings. The number of aliphatic hydroxyl groups excluding tert-OH is 1. The largest absolute Gasteiger partial charge is 0.497 e. The van der Waals surface area contributed by atoms with E-state index in [-0.39, 0.29) is 13.1 Å². The fraction of sp³-hybridized carbons (Fsp3) is 0.417. The fourth-order valence-corrected chi connectivity index (χ4v) is 1.52. The lowest BCUT2D eigenvalue weighted by Gasteiger charge is -2.15. The average Bonchev–Trinajstić information content (AvgIpc) is 2.37. The lowest BCUT2D eigenvalue weighted by atomic mass is 10.1. The maximum atomic E-state index is 10.3. The van der Waals surface area contributed by atoms with Gasteiger partial charge in [0.1, 0.15) is 11.5 Å². The highest BCUT2D eigenvalue weighted by molar-refractivity contribution is 5.69. The first kappa shape index (κ1) is 14.3. The van der Waals surface area contributed by atoms with E-state index in [9.17, 15) is 9.90 Å². The van der Waals surface area contributed by atoms with Crippen molar-refractivity contribution in [1.82, 2.24) is 5.32 Å². The van der Waals surface area contributed by atoms with Crippen molar-refractivity contribution in [3.63, 3.8) is 0 Å². The summed E-state index contributed by atoms with van der Waals surface area (Å²) in [5.41, 5.74) is 0.580. The van der Waals surface area contributed by atoms with Gasteiger partial charge in [-0.15, -0.1) is 0 Å². The molecule has 0 heterocycles. The number of aliphatic hydroxyl groups is 1. The number of aliphatic carboxylic acids is 1. The number of ether oxygens (including phenoxy) is 2. The SMILES string of the molecule is COc1ccc(C(O)CNCC(=O)O)c(OC)c1. The lowest BCUT2D eigenvalue weighted by molar-refractivity contribution is -0.136. The minimum absolute atomic E-state index is 0.134. The predicted octanol–water partition coefficient (Wildman–Crippen LogP) is 0.411. The first-order chi connectivity index (χ1) is 8.58. The summed E-state index contributed by atoms with van der Waals surface area (Å²) in [4.78, 5) is 10.3. The Morgan fingerprint density at radius 1 is 1.39 bits per heavy atom. The summed E-state index contributed by atoms with van der Waals surface area (Å²) in [6, 6.07) is 5.05. The topological polar surface area (TPSA) is 88.0 Å². The van der Waals surface area contributed by atoms with Crippen molar-refractivity contribution >= 4 is 5.97 Å². The maximum Gasteiger partial charge on any atom is 0.317 e. The third-order valence-corrected chi connectivity index (χ3v) is 2.41. The first-order valence-corrected chi connectivity index (χ1v) is 5.41. The van der Waals surface area contributed by atoms with Crippen molar-refractivity contribution in [3.8, 4) is 11.5 Å². The van der Waals surface area contributed by atoms with Crippen LogP contribution in [0.15, 0.2) is 18.2 Å². The van der Waals surface area contributed by atoms with Gasteiger partial charge in [0.05, 0.1) is 26.9 Å². The number of carboxylic acids is 1. The van der Waals surface area contributed by atoms with Crippen LogP contribution in [0.1, 0.15) is 11.7 Å². The summed E-state index contributed by atoms with van der Waals surface area (Å²) in [5.74, 6) is 0.157. The van der Waals surface area contributed by atoms with Crippen molar-refractivity contribution < 1.29 is 24.5 Å². The summed E-state index contributed by atoms with van der Waals surface area (Å²) < 4.78 is 10.2. The Morgan fingerprint density at radius 3 is 2.67 bits per heavy atom. The highest BCUT2D eigenvalue weighted by Gasteiger charge is 2.14. The van der Waals surface area contributed by atoms with Crippen LogP contribution in [0.25, 0.3) is 0 Å². The molecule has 0 aromatic heterocycles. The monoisotopic (exact) mass is 255 g/mol. The van der Waals surface area contributed by atoms with Crippen molar-refractivity contribution in [3.05, 3.63) is 23.8 Å². The van der Waals surface area contributed by atoms with Crippen LogP contribution in [0.2, 0.25) is 0 Å². The Balaban J connectivity index is 2.72. The average molecular weight is 255 g/mol. The van der Waals surface area contributed by atoms with Gasteiger partial charge in [0.15, 0.2) is 0 Å². The first-order valence-electron chi connectivity index (χ1n) is 5.41. The number of carboxylic acid groups (broad SMARTS) is 1. The second-order valence-electron chi connectivity index (χ2n) is 3.65. The van der Waals surface area contributed by atoms with Crippen LogP contribution >= 0.6 is 0 Å². The normalized spacial score (nSPS) is 11.9. The zero-order valence-corrected chi connectivity index (χ0v) is 10.3. The molecule has 0 radical (unpaired) electrons. The zero-order valence-electron chi connectivity index (χ0n) is 10.3. The molecule has 6 nitrogen and oxygen atoms in total. The Kier molecular flexibility index (Phi) is 5.41. The molecular formula is C12H17NO5. The number of benzene rings is 1. The number of methoxy groups -OCH3 is 2. The van der Waals surface area contributed by atoms with Gasteiger partial charge < -0.3 is 25.0 Å². The van der Waals surface area contributed by atoms with Gasteiger partial charge in [-0.25, -0.2) is 0 Å². The molecule has 6 heteroatoms. The summed E-state index contributed by atoms with van der Waals surface area (Å²) in [5, 5.41) is 21.0. The molecule has 0 saturated heterocycles. The van der Waals surface area contributed by atoms with Gasteiger partial charge in [-0.05, 0) is 12.1 Å². The quantitative estimate of drug-likeness (QED) is 0.654. The van der Waals surface area contributed by atoms with E-state index in [1.165, 1.54) is 7.11 Å². The highest BCUT2D eigenvalue weighted by Crippen LogP contribution is 2.29. The van der Waals surface area contributed by atoms with E-state index >= 15 is 0 Å². The number of carbonyl (C=O) groups is 1. The molecule has 1 atom stereocenters. The van der Waals surface area contributed by atoms with E-state index in [0.717, 1.165) is 0 Å². The summed E-state index contributed by atoms with van der Waals surface area (Å²) in [6.45, 7) is -0.0650. The van der Waals surface area contributed by atoms with E-state index in [4.69, 9.17) is 14.6 Å². The number of rotatable bonds is 7. The number of hydrogen-bond donors (Lipinski definition) is 3. The van der Waals surface area contributed by atoms with Crippen molar-refractivity contribution in [2.24, 2.45) is 0 Å². The molecule has 1 rings (SSSR count). The molecule has 1 unspecified atom stereocenters. The minimum atomic E-state index is -0.969. The van der Waals surface area contributed by atoms with Crippen molar-refractivity contribution in [2.45, 2.75) is 6.10 Å². The third-order valence-electron chi connectivity index (χ3n) is 2.41. The van der Waals surface area contributed by atoms with Crippen LogP contribution in [0.3, 0.4) is 0 Å². The minimum Gasteiger partial charge on any atom is -0.497 e. The Labute approximate surface area is 105 Å². The number of nitrogens with one attached hydrogen (secondary N) is 1. The molecule has 0 aliphatic heterocycles. The molecule has 100 valence electrons. The number of hydrogen-bond acceptors (Lipinski definition) is 5. The van der Waals surface area contributed by atoms with E-state index in [2.05, 4.69) is 5.32 Å². The van der Waals surface area contributed by atoms with Gasteiger partial charge in [-0.2, -0.15) is 0 Å². The van der Waals surface area contributed by atoms with Gasteiger partial charge in [-0.1, -0.05) is 0 Å². The second-order valence-corrected chi connectivity index (χ2v) is 3.65. The van der Waals surface area contributed by atoms with E-state index in [1.807, 2.05) is 0 Å². The molecule has 3 N–H and O–H groups in total. The fourth-order valence-electron chi connectivity index (χ4n) is 1.52. The molecule has 0 aliphatic carbocycles. The molecule has 18 heavy (non-hydrogen) atoms. The van der Waals surface area contributed by atoms with Crippen LogP contribution in [0.4, 0.5) is 0 Å². The van der Waals surface area contributed by atoms with Crippen molar-refractivity contribution in [1.29, 1.82) is 0 Å². The molecule has 0 aliphatic rings. The predicted molar refractivity (Wildman–Crippen MR) is 65.0 cm³/mol. The van der Waals surface area contributed by atoms with Crippen LogP contribution in [-0.2, 0) is 4.79 Å². The van der Waals surface area contributed by atoms with Crippen LogP contribution in [-0.4, -0.2) is 43.5 Å². The van der Waals surface area contributed by atoms with Gasteiger partial charge in [0.25, 0.3) is 0 Å². The van der Waals surface area contributed by atoms with Gasteiger partial charge in [0, 0.05) is 18.2 Å². The maximum absolute atomic E-state index is 10.3. The molecule has 0 saturated carbocycles. The Bertz CT molecular complexity index is 407. The zero-order chi connectivity index (χ0) is 13.5. The van der Waals surface area contributed by atoms with Gasteiger partial charge in [0.2, 0.25) is 0 Å². The van der Waals surface area contributed by atoms with Gasteiger partial charge in [-0.3, -0.25) is 4.79 Å². The summed E-state index contributed by atoms with van der Waals surface area (Å²) in [6.07, 6.45) is -0.842. The van der Waals surface area contributed by atoms with Crippen LogP contribution in [0.5, 0.6) is 11.5 Å². The molecule has 1 aromatic carbocycles. The molecule has 0 bridgehead atoms. The van der Waals surface area contributed by atoms with Crippen molar-refractivity contribution in [2.75, 3.05) is 27.3 Å². The van der Waals surface area contributed by atoms with Crippen LogP contribution < -0.4 is 14.8 Å². The van der Waals surface area contributed by atoms with E-state index < -0.39 is 12.1 Å². The molecule has 1 aromatic rings. The molecule has 0 amide bonds. The van der Waals surface area contributed by atoms with Crippen LogP contribution in [0, 0.1) is 0 Å². The second kappa shape index (κ2) is 6.83. The smallest absolute Gasteiger partial charge is 0.317 e. The Hall–Kier alpha value is -1.79. The van der Waals surface area contributed by atoms with E-state index in [1.54, 1.807) is 25.3 Å². The Morgan fingerprint density at radius 2 is 2.11 bits per heavy atom. The molecular weight excluding hydrogens is 238 g/mol. The highest BCUT2D eigenvalue weighted by atomic mass is 16.5. The summed E-state index contributed by atoms with van der Waals surface area (Å²) in [7, 11) is 3.04. The third kappa shape index (κ3) is 3.90. The summed E-state index contributed by atoms with van der Waals surface area (Å²) >= 11 is 0. The lowest BCUT2D eigenvalue weighted by Crippen LogP contribution is -2.27. The van der Waals surface area contributed by atoms with E-state index in [0.29, 0.717) is 17.1 Å². The standard InChI is InChI=1S/C12H17NO5/c1-17-8-3-4-9(11(5-8)18-2)10(14)6-13-7-12(15)16/h3-5,10,13-14H,6-7H2,1-2H3,(H,15,16). The molecule has 0 spiro atoms.